The minimum atomic E-state index is -0.657. The Balaban J connectivity index is 2.14. The average molecular weight is 222 g/mol. The summed E-state index contributed by atoms with van der Waals surface area (Å²) in [7, 11) is 3.49. The molecular formula is C9H14N6O. The van der Waals surface area contributed by atoms with E-state index in [1.165, 1.54) is 4.80 Å². The van der Waals surface area contributed by atoms with E-state index in [2.05, 4.69) is 20.5 Å². The van der Waals surface area contributed by atoms with Crippen LogP contribution in [0.1, 0.15) is 23.3 Å². The molecule has 2 heterocycles. The second-order valence-electron chi connectivity index (χ2n) is 3.75. The Labute approximate surface area is 92.7 Å². The fraction of sp³-hybridized carbons (Fsp3) is 0.556. The van der Waals surface area contributed by atoms with Crippen LogP contribution in [0.4, 0.5) is 0 Å². The van der Waals surface area contributed by atoms with Gasteiger partial charge in [0.1, 0.15) is 6.10 Å². The zero-order chi connectivity index (χ0) is 11.7. The first-order chi connectivity index (χ1) is 7.56. The molecule has 0 amide bonds. The first-order valence-corrected chi connectivity index (χ1v) is 4.97. The number of rotatable bonds is 3. The number of nitrogens with zero attached hydrogens (tertiary/aromatic N) is 6. The van der Waals surface area contributed by atoms with Crippen molar-refractivity contribution in [3.63, 3.8) is 0 Å². The summed E-state index contributed by atoms with van der Waals surface area (Å²) < 4.78 is 1.66. The normalized spacial score (nSPS) is 13.0. The molecular weight excluding hydrogens is 208 g/mol. The third-order valence-corrected chi connectivity index (χ3v) is 2.31. The topological polar surface area (TPSA) is 81.7 Å². The van der Waals surface area contributed by atoms with Crippen molar-refractivity contribution in [1.29, 1.82) is 0 Å². The fourth-order valence-corrected chi connectivity index (χ4v) is 1.63. The summed E-state index contributed by atoms with van der Waals surface area (Å²) in [5.74, 6) is 0.522. The smallest absolute Gasteiger partial charge is 0.177 e. The zero-order valence-corrected chi connectivity index (χ0v) is 9.49. The molecule has 2 rings (SSSR count). The molecule has 0 aliphatic carbocycles. The van der Waals surface area contributed by atoms with Gasteiger partial charge in [0.2, 0.25) is 0 Å². The van der Waals surface area contributed by atoms with Gasteiger partial charge in [-0.3, -0.25) is 4.68 Å². The maximum absolute atomic E-state index is 10.00. The monoisotopic (exact) mass is 222 g/mol. The van der Waals surface area contributed by atoms with Gasteiger partial charge in [0, 0.05) is 13.5 Å². The van der Waals surface area contributed by atoms with Crippen LogP contribution in [-0.2, 0) is 20.5 Å². The molecule has 1 atom stereocenters. The summed E-state index contributed by atoms with van der Waals surface area (Å²) in [4.78, 5) is 1.37. The highest BCUT2D eigenvalue weighted by Gasteiger charge is 2.16. The van der Waals surface area contributed by atoms with E-state index in [1.54, 1.807) is 18.8 Å². The molecule has 2 aromatic heterocycles. The molecule has 0 fully saturated rings. The lowest BCUT2D eigenvalue weighted by atomic mass is 10.1. The summed E-state index contributed by atoms with van der Waals surface area (Å²) in [6.07, 6.45) is -0.317. The van der Waals surface area contributed by atoms with Gasteiger partial charge in [-0.2, -0.15) is 9.90 Å². The lowest BCUT2D eigenvalue weighted by Gasteiger charge is -2.07. The molecule has 7 heteroatoms. The molecule has 0 radical (unpaired) electrons. The maximum Gasteiger partial charge on any atom is 0.177 e. The summed E-state index contributed by atoms with van der Waals surface area (Å²) >= 11 is 0. The first kappa shape index (κ1) is 10.7. The van der Waals surface area contributed by atoms with Crippen LogP contribution in [0, 0.1) is 6.92 Å². The Morgan fingerprint density at radius 3 is 2.62 bits per heavy atom. The molecule has 7 nitrogen and oxygen atoms in total. The Morgan fingerprint density at radius 1 is 1.38 bits per heavy atom. The molecule has 0 saturated heterocycles. The van der Waals surface area contributed by atoms with Gasteiger partial charge in [0.15, 0.2) is 5.82 Å². The molecule has 0 aliphatic rings. The molecule has 0 bridgehead atoms. The number of aryl methyl sites for hydroxylation is 3. The van der Waals surface area contributed by atoms with Crippen LogP contribution in [0.2, 0.25) is 0 Å². The minimum absolute atomic E-state index is 0.340. The zero-order valence-electron chi connectivity index (χ0n) is 9.49. The van der Waals surface area contributed by atoms with Crippen LogP contribution < -0.4 is 0 Å². The van der Waals surface area contributed by atoms with E-state index in [-0.39, 0.29) is 0 Å². The molecule has 0 aliphatic heterocycles. The molecule has 86 valence electrons. The van der Waals surface area contributed by atoms with Crippen molar-refractivity contribution in [3.05, 3.63) is 23.3 Å². The van der Waals surface area contributed by atoms with E-state index in [4.69, 9.17) is 0 Å². The van der Waals surface area contributed by atoms with Crippen LogP contribution in [-0.4, -0.2) is 35.1 Å². The third kappa shape index (κ3) is 2.08. The average Bonchev–Trinajstić information content (AvgIpc) is 2.73. The van der Waals surface area contributed by atoms with E-state index in [9.17, 15) is 5.11 Å². The van der Waals surface area contributed by atoms with E-state index in [1.807, 2.05) is 13.0 Å². The van der Waals surface area contributed by atoms with Crippen molar-refractivity contribution in [1.82, 2.24) is 30.0 Å². The highest BCUT2D eigenvalue weighted by atomic mass is 16.3. The van der Waals surface area contributed by atoms with Crippen molar-refractivity contribution >= 4 is 0 Å². The number of hydrogen-bond donors (Lipinski definition) is 1. The van der Waals surface area contributed by atoms with Crippen LogP contribution in [0.25, 0.3) is 0 Å². The Bertz CT molecular complexity index is 488. The standard InChI is InChI=1S/C9H14N6O/c1-6-4-7(14(2)11-6)8(16)5-9-10-13-15(3)12-9/h4,8,16H,5H2,1-3H3. The van der Waals surface area contributed by atoms with Crippen LogP contribution in [0.15, 0.2) is 6.07 Å². The number of tetrazole rings is 1. The maximum atomic E-state index is 10.00. The van der Waals surface area contributed by atoms with Gasteiger partial charge in [-0.15, -0.1) is 10.2 Å². The van der Waals surface area contributed by atoms with Crippen molar-refractivity contribution in [2.45, 2.75) is 19.4 Å². The molecule has 0 saturated carbocycles. The van der Waals surface area contributed by atoms with E-state index in [0.717, 1.165) is 11.4 Å². The van der Waals surface area contributed by atoms with Gasteiger partial charge >= 0.3 is 0 Å². The highest BCUT2D eigenvalue weighted by molar-refractivity contribution is 5.12. The molecule has 1 unspecified atom stereocenters. The number of aliphatic hydroxyl groups excluding tert-OH is 1. The van der Waals surface area contributed by atoms with Crippen LogP contribution in [0.5, 0.6) is 0 Å². The van der Waals surface area contributed by atoms with Crippen LogP contribution >= 0.6 is 0 Å². The van der Waals surface area contributed by atoms with Crippen LogP contribution in [0.3, 0.4) is 0 Å². The van der Waals surface area contributed by atoms with Gasteiger partial charge in [-0.25, -0.2) is 0 Å². The lowest BCUT2D eigenvalue weighted by Crippen LogP contribution is -2.09. The molecule has 0 aromatic carbocycles. The molecule has 2 aromatic rings. The minimum Gasteiger partial charge on any atom is -0.386 e. The van der Waals surface area contributed by atoms with Crippen molar-refractivity contribution < 1.29 is 5.11 Å². The van der Waals surface area contributed by atoms with Crippen molar-refractivity contribution in [2.24, 2.45) is 14.1 Å². The Kier molecular flexibility index (Phi) is 2.69. The van der Waals surface area contributed by atoms with E-state index < -0.39 is 6.10 Å². The molecule has 16 heavy (non-hydrogen) atoms. The summed E-state index contributed by atoms with van der Waals surface area (Å²) in [5, 5.41) is 25.7. The predicted octanol–water partition coefficient (Wildman–Crippen LogP) is -0.472. The number of aliphatic hydroxyl groups is 1. The lowest BCUT2D eigenvalue weighted by molar-refractivity contribution is 0.166. The van der Waals surface area contributed by atoms with Gasteiger partial charge in [0.05, 0.1) is 18.4 Å². The van der Waals surface area contributed by atoms with E-state index >= 15 is 0 Å². The SMILES string of the molecule is Cc1cc(C(O)Cc2nnn(C)n2)n(C)n1. The van der Waals surface area contributed by atoms with Gasteiger partial charge < -0.3 is 5.11 Å². The highest BCUT2D eigenvalue weighted by Crippen LogP contribution is 2.16. The Hall–Kier alpha value is -1.76. The quantitative estimate of drug-likeness (QED) is 0.759. The molecule has 1 N–H and O–H groups in total. The second kappa shape index (κ2) is 4.01. The fourth-order valence-electron chi connectivity index (χ4n) is 1.63. The third-order valence-electron chi connectivity index (χ3n) is 2.31. The summed E-state index contributed by atoms with van der Waals surface area (Å²) in [5.41, 5.74) is 1.63. The number of hydrogen-bond acceptors (Lipinski definition) is 5. The first-order valence-electron chi connectivity index (χ1n) is 4.97. The van der Waals surface area contributed by atoms with Crippen molar-refractivity contribution in [2.75, 3.05) is 0 Å². The Morgan fingerprint density at radius 2 is 2.12 bits per heavy atom. The molecule has 0 spiro atoms. The number of aromatic nitrogens is 6. The van der Waals surface area contributed by atoms with Gasteiger partial charge in [-0.1, -0.05) is 0 Å². The van der Waals surface area contributed by atoms with Gasteiger partial charge in [-0.05, 0) is 18.2 Å². The summed E-state index contributed by atoms with van der Waals surface area (Å²) in [6.45, 7) is 1.89. The van der Waals surface area contributed by atoms with Crippen molar-refractivity contribution in [3.8, 4) is 0 Å². The predicted molar refractivity (Wildman–Crippen MR) is 55.4 cm³/mol. The van der Waals surface area contributed by atoms with E-state index in [0.29, 0.717) is 12.2 Å². The largest absolute Gasteiger partial charge is 0.386 e. The second-order valence-corrected chi connectivity index (χ2v) is 3.75. The summed E-state index contributed by atoms with van der Waals surface area (Å²) in [6, 6.07) is 1.85. The van der Waals surface area contributed by atoms with Gasteiger partial charge in [0.25, 0.3) is 0 Å².